The van der Waals surface area contributed by atoms with Crippen LogP contribution >= 0.6 is 0 Å². The molecule has 1 atom stereocenters. The number of hydrogen-bond acceptors (Lipinski definition) is 2. The molecule has 0 bridgehead atoms. The van der Waals surface area contributed by atoms with Gasteiger partial charge < -0.3 is 15.7 Å². The van der Waals surface area contributed by atoms with Crippen LogP contribution < -0.4 is 10.6 Å². The molecule has 0 radical (unpaired) electrons. The highest BCUT2D eigenvalue weighted by molar-refractivity contribution is 5.82. The molecular formula is C14H24N2O3. The lowest BCUT2D eigenvalue weighted by Crippen LogP contribution is -2.49. The molecular weight excluding hydrogens is 244 g/mol. The van der Waals surface area contributed by atoms with Crippen molar-refractivity contribution in [3.63, 3.8) is 0 Å². The molecule has 0 saturated heterocycles. The van der Waals surface area contributed by atoms with Crippen LogP contribution in [0.2, 0.25) is 0 Å². The molecule has 2 aliphatic carbocycles. The summed E-state index contributed by atoms with van der Waals surface area (Å²) in [5.74, 6) is 1.08. The number of aliphatic carboxylic acids is 1. The SMILES string of the molecule is CC(C)[C@H](NC(=O)NCC(C1CC1)C1CC1)C(=O)O. The Balaban J connectivity index is 1.75. The maximum absolute atomic E-state index is 11.8. The Morgan fingerprint density at radius 2 is 1.68 bits per heavy atom. The third-order valence-corrected chi connectivity index (χ3v) is 4.17. The van der Waals surface area contributed by atoms with Crippen LogP contribution in [0.1, 0.15) is 39.5 Å². The van der Waals surface area contributed by atoms with E-state index in [4.69, 9.17) is 5.11 Å². The lowest BCUT2D eigenvalue weighted by Gasteiger charge is -2.20. The molecule has 2 aliphatic rings. The number of urea groups is 1. The number of carboxylic acid groups (broad SMARTS) is 1. The Bertz CT molecular complexity index is 337. The number of nitrogens with one attached hydrogen (secondary N) is 2. The monoisotopic (exact) mass is 268 g/mol. The fourth-order valence-electron chi connectivity index (χ4n) is 2.68. The van der Waals surface area contributed by atoms with Crippen molar-refractivity contribution in [3.8, 4) is 0 Å². The maximum Gasteiger partial charge on any atom is 0.326 e. The van der Waals surface area contributed by atoms with E-state index in [1.165, 1.54) is 25.7 Å². The Morgan fingerprint density at radius 1 is 1.16 bits per heavy atom. The Kier molecular flexibility index (Phi) is 4.32. The molecule has 0 spiro atoms. The van der Waals surface area contributed by atoms with Gasteiger partial charge in [-0.25, -0.2) is 9.59 Å². The summed E-state index contributed by atoms with van der Waals surface area (Å²) in [5.41, 5.74) is 0. The molecule has 0 heterocycles. The first-order valence-corrected chi connectivity index (χ1v) is 7.26. The molecule has 0 aromatic rings. The van der Waals surface area contributed by atoms with Gasteiger partial charge in [-0.1, -0.05) is 13.8 Å². The van der Waals surface area contributed by atoms with Crippen LogP contribution in [-0.2, 0) is 4.79 Å². The van der Waals surface area contributed by atoms with Crippen molar-refractivity contribution >= 4 is 12.0 Å². The van der Waals surface area contributed by atoms with Gasteiger partial charge >= 0.3 is 12.0 Å². The number of carbonyl (C=O) groups excluding carboxylic acids is 1. The number of rotatable bonds is 7. The highest BCUT2D eigenvalue weighted by Gasteiger charge is 2.41. The first kappa shape index (κ1) is 14.2. The van der Waals surface area contributed by atoms with Crippen LogP contribution in [0, 0.1) is 23.7 Å². The summed E-state index contributed by atoms with van der Waals surface area (Å²) < 4.78 is 0. The van der Waals surface area contributed by atoms with E-state index in [0.29, 0.717) is 12.5 Å². The van der Waals surface area contributed by atoms with Crippen molar-refractivity contribution in [2.24, 2.45) is 23.7 Å². The molecule has 2 fully saturated rings. The quantitative estimate of drug-likeness (QED) is 0.659. The van der Waals surface area contributed by atoms with E-state index in [9.17, 15) is 9.59 Å². The average Bonchev–Trinajstić information content (AvgIpc) is 3.17. The summed E-state index contributed by atoms with van der Waals surface area (Å²) in [5, 5.41) is 14.4. The fraction of sp³-hybridized carbons (Fsp3) is 0.857. The van der Waals surface area contributed by atoms with Crippen LogP contribution in [0.25, 0.3) is 0 Å². The van der Waals surface area contributed by atoms with Crippen molar-refractivity contribution in [1.82, 2.24) is 10.6 Å². The molecule has 19 heavy (non-hydrogen) atoms. The maximum atomic E-state index is 11.8. The van der Waals surface area contributed by atoms with Crippen LogP contribution in [0.3, 0.4) is 0 Å². The van der Waals surface area contributed by atoms with Gasteiger partial charge in [0.15, 0.2) is 0 Å². The molecule has 0 unspecified atom stereocenters. The molecule has 0 aromatic heterocycles. The molecule has 2 amide bonds. The summed E-state index contributed by atoms with van der Waals surface area (Å²) >= 11 is 0. The summed E-state index contributed by atoms with van der Waals surface area (Å²) in [7, 11) is 0. The van der Waals surface area contributed by atoms with Crippen molar-refractivity contribution in [3.05, 3.63) is 0 Å². The van der Waals surface area contributed by atoms with Gasteiger partial charge in [0.1, 0.15) is 6.04 Å². The van der Waals surface area contributed by atoms with Crippen molar-refractivity contribution in [2.45, 2.75) is 45.6 Å². The number of amides is 2. The van der Waals surface area contributed by atoms with Gasteiger partial charge in [-0.3, -0.25) is 0 Å². The minimum Gasteiger partial charge on any atom is -0.480 e. The van der Waals surface area contributed by atoms with E-state index in [-0.39, 0.29) is 11.9 Å². The third kappa shape index (κ3) is 4.11. The van der Waals surface area contributed by atoms with Gasteiger partial charge in [0, 0.05) is 6.54 Å². The zero-order valence-electron chi connectivity index (χ0n) is 11.7. The van der Waals surface area contributed by atoms with Gasteiger partial charge in [0.2, 0.25) is 0 Å². The molecule has 5 heteroatoms. The highest BCUT2D eigenvalue weighted by Crippen LogP contribution is 2.48. The van der Waals surface area contributed by atoms with Crippen molar-refractivity contribution in [2.75, 3.05) is 6.54 Å². The van der Waals surface area contributed by atoms with Crippen LogP contribution in [0.4, 0.5) is 4.79 Å². The third-order valence-electron chi connectivity index (χ3n) is 4.17. The van der Waals surface area contributed by atoms with E-state index in [1.807, 2.05) is 0 Å². The molecule has 2 saturated carbocycles. The van der Waals surface area contributed by atoms with E-state index < -0.39 is 12.0 Å². The molecule has 2 rings (SSSR count). The smallest absolute Gasteiger partial charge is 0.326 e. The van der Waals surface area contributed by atoms with Crippen molar-refractivity contribution in [1.29, 1.82) is 0 Å². The average molecular weight is 268 g/mol. The normalized spacial score (nSPS) is 20.4. The predicted molar refractivity (Wildman–Crippen MR) is 71.7 cm³/mol. The Hall–Kier alpha value is -1.26. The minimum absolute atomic E-state index is 0.120. The standard InChI is InChI=1S/C14H24N2O3/c1-8(2)12(13(17)18)16-14(19)15-7-11(9-3-4-9)10-5-6-10/h8-12H,3-7H2,1-2H3,(H,17,18)(H2,15,16,19)/t12-/m0/s1. The molecule has 5 nitrogen and oxygen atoms in total. The number of carboxylic acids is 1. The molecule has 0 aliphatic heterocycles. The highest BCUT2D eigenvalue weighted by atomic mass is 16.4. The Labute approximate surface area is 114 Å². The van der Waals surface area contributed by atoms with E-state index in [0.717, 1.165) is 11.8 Å². The van der Waals surface area contributed by atoms with Crippen LogP contribution in [0.5, 0.6) is 0 Å². The Morgan fingerprint density at radius 3 is 2.05 bits per heavy atom. The summed E-state index contributed by atoms with van der Waals surface area (Å²) in [6.45, 7) is 4.26. The summed E-state index contributed by atoms with van der Waals surface area (Å²) in [6, 6.07) is -1.17. The van der Waals surface area contributed by atoms with Gasteiger partial charge in [-0.15, -0.1) is 0 Å². The first-order valence-electron chi connectivity index (χ1n) is 7.26. The predicted octanol–water partition coefficient (Wildman–Crippen LogP) is 1.83. The fourth-order valence-corrected chi connectivity index (χ4v) is 2.68. The van der Waals surface area contributed by atoms with Gasteiger partial charge in [0.05, 0.1) is 0 Å². The van der Waals surface area contributed by atoms with Crippen molar-refractivity contribution < 1.29 is 14.7 Å². The summed E-state index contributed by atoms with van der Waals surface area (Å²) in [4.78, 5) is 22.8. The number of hydrogen-bond donors (Lipinski definition) is 3. The minimum atomic E-state index is -0.980. The van der Waals surface area contributed by atoms with Gasteiger partial charge in [0.25, 0.3) is 0 Å². The zero-order chi connectivity index (χ0) is 14.0. The van der Waals surface area contributed by atoms with E-state index in [2.05, 4.69) is 10.6 Å². The van der Waals surface area contributed by atoms with Crippen LogP contribution in [0.15, 0.2) is 0 Å². The lowest BCUT2D eigenvalue weighted by atomic mass is 9.98. The zero-order valence-corrected chi connectivity index (χ0v) is 11.7. The van der Waals surface area contributed by atoms with Gasteiger partial charge in [-0.2, -0.15) is 0 Å². The second-order valence-corrected chi connectivity index (χ2v) is 6.25. The summed E-state index contributed by atoms with van der Waals surface area (Å²) in [6.07, 6.45) is 5.14. The first-order chi connectivity index (χ1) is 8.99. The largest absolute Gasteiger partial charge is 0.480 e. The lowest BCUT2D eigenvalue weighted by molar-refractivity contribution is -0.140. The number of carbonyl (C=O) groups is 2. The second kappa shape index (κ2) is 5.80. The van der Waals surface area contributed by atoms with Gasteiger partial charge in [-0.05, 0) is 49.4 Å². The molecule has 3 N–H and O–H groups in total. The molecule has 108 valence electrons. The van der Waals surface area contributed by atoms with Crippen LogP contribution in [-0.4, -0.2) is 29.7 Å². The topological polar surface area (TPSA) is 78.4 Å². The van der Waals surface area contributed by atoms with E-state index in [1.54, 1.807) is 13.8 Å². The van der Waals surface area contributed by atoms with E-state index >= 15 is 0 Å². The second-order valence-electron chi connectivity index (χ2n) is 6.25. The molecule has 0 aromatic carbocycles.